The molecule has 0 aliphatic rings. The molecule has 0 atom stereocenters. The number of nitrogens with zero attached hydrogens (tertiary/aromatic N) is 1. The molecular formula is C14H12ClNO2. The molecule has 3 nitrogen and oxygen atoms in total. The van der Waals surface area contributed by atoms with Crippen LogP contribution in [0.25, 0.3) is 0 Å². The molecule has 0 spiro atoms. The van der Waals surface area contributed by atoms with Crippen LogP contribution in [0.2, 0.25) is 0 Å². The molecule has 0 aliphatic carbocycles. The van der Waals surface area contributed by atoms with Gasteiger partial charge in [0.15, 0.2) is 0 Å². The zero-order valence-corrected chi connectivity index (χ0v) is 10.4. The highest BCUT2D eigenvalue weighted by molar-refractivity contribution is 6.67. The number of carbonyl (C=O) groups excluding carboxylic acids is 1. The molecule has 92 valence electrons. The van der Waals surface area contributed by atoms with E-state index in [0.29, 0.717) is 17.9 Å². The largest absolute Gasteiger partial charge is 0.493 e. The highest BCUT2D eigenvalue weighted by Gasteiger charge is 2.01. The van der Waals surface area contributed by atoms with Gasteiger partial charge in [-0.25, -0.2) is 0 Å². The number of halogens is 1. The molecule has 1 aromatic carbocycles. The van der Waals surface area contributed by atoms with Crippen LogP contribution in [-0.2, 0) is 6.42 Å². The zero-order chi connectivity index (χ0) is 12.8. The molecule has 4 heteroatoms. The Morgan fingerprint density at radius 3 is 2.56 bits per heavy atom. The van der Waals surface area contributed by atoms with Gasteiger partial charge in [0.05, 0.1) is 6.61 Å². The van der Waals surface area contributed by atoms with Crippen molar-refractivity contribution in [2.45, 2.75) is 6.42 Å². The van der Waals surface area contributed by atoms with Crippen LogP contribution in [0.3, 0.4) is 0 Å². The van der Waals surface area contributed by atoms with Crippen LogP contribution in [-0.4, -0.2) is 16.8 Å². The fraction of sp³-hybridized carbons (Fsp3) is 0.143. The van der Waals surface area contributed by atoms with Crippen LogP contribution in [0, 0.1) is 0 Å². The first kappa shape index (κ1) is 12.6. The average Bonchev–Trinajstić information content (AvgIpc) is 2.40. The highest BCUT2D eigenvalue weighted by Crippen LogP contribution is 2.13. The van der Waals surface area contributed by atoms with E-state index < -0.39 is 5.24 Å². The van der Waals surface area contributed by atoms with Crippen molar-refractivity contribution in [1.82, 2.24) is 4.98 Å². The molecule has 18 heavy (non-hydrogen) atoms. The minimum Gasteiger partial charge on any atom is -0.493 e. The average molecular weight is 262 g/mol. The van der Waals surface area contributed by atoms with Gasteiger partial charge in [-0.2, -0.15) is 0 Å². The van der Waals surface area contributed by atoms with Gasteiger partial charge in [-0.05, 0) is 48.0 Å². The fourth-order valence-electron chi connectivity index (χ4n) is 1.50. The van der Waals surface area contributed by atoms with Crippen LogP contribution in [0.5, 0.6) is 5.75 Å². The predicted molar refractivity (Wildman–Crippen MR) is 70.1 cm³/mol. The molecule has 0 saturated heterocycles. The molecule has 0 unspecified atom stereocenters. The number of aromatic nitrogens is 1. The van der Waals surface area contributed by atoms with Crippen molar-refractivity contribution in [3.63, 3.8) is 0 Å². The Kier molecular flexibility index (Phi) is 4.31. The van der Waals surface area contributed by atoms with Crippen molar-refractivity contribution < 1.29 is 9.53 Å². The van der Waals surface area contributed by atoms with Crippen molar-refractivity contribution in [3.05, 3.63) is 59.9 Å². The third-order valence-corrected chi connectivity index (χ3v) is 2.65. The summed E-state index contributed by atoms with van der Waals surface area (Å²) >= 11 is 5.35. The summed E-state index contributed by atoms with van der Waals surface area (Å²) in [6.45, 7) is 0.547. The molecule has 2 aromatic rings. The SMILES string of the molecule is O=C(Cl)c1ccc(OCCc2ccccn2)cc1. The van der Waals surface area contributed by atoms with Gasteiger partial charge >= 0.3 is 0 Å². The number of benzene rings is 1. The lowest BCUT2D eigenvalue weighted by atomic mass is 10.2. The molecule has 0 bridgehead atoms. The second kappa shape index (κ2) is 6.17. The summed E-state index contributed by atoms with van der Waals surface area (Å²) in [6.07, 6.45) is 2.51. The minimum atomic E-state index is -0.463. The molecular weight excluding hydrogens is 250 g/mol. The van der Waals surface area contributed by atoms with Gasteiger partial charge in [0.2, 0.25) is 0 Å². The van der Waals surface area contributed by atoms with E-state index in [2.05, 4.69) is 4.98 Å². The second-order valence-corrected chi connectivity index (χ2v) is 4.06. The maximum atomic E-state index is 10.9. The van der Waals surface area contributed by atoms with Gasteiger partial charge in [0.25, 0.3) is 5.24 Å². The van der Waals surface area contributed by atoms with E-state index in [0.717, 1.165) is 12.1 Å². The Labute approximate surface area is 110 Å². The molecule has 1 aromatic heterocycles. The van der Waals surface area contributed by atoms with Gasteiger partial charge in [0, 0.05) is 23.9 Å². The molecule has 0 radical (unpaired) electrons. The van der Waals surface area contributed by atoms with E-state index in [1.165, 1.54) is 0 Å². The second-order valence-electron chi connectivity index (χ2n) is 3.72. The van der Waals surface area contributed by atoms with Crippen molar-refractivity contribution in [2.75, 3.05) is 6.61 Å². The number of ether oxygens (including phenoxy) is 1. The monoisotopic (exact) mass is 261 g/mol. The quantitative estimate of drug-likeness (QED) is 0.777. The van der Waals surface area contributed by atoms with Crippen LogP contribution in [0.15, 0.2) is 48.7 Å². The first-order valence-corrected chi connectivity index (χ1v) is 5.96. The molecule has 0 saturated carbocycles. The summed E-state index contributed by atoms with van der Waals surface area (Å²) in [5.41, 5.74) is 1.46. The van der Waals surface area contributed by atoms with Crippen LogP contribution in [0.4, 0.5) is 0 Å². The van der Waals surface area contributed by atoms with E-state index in [-0.39, 0.29) is 0 Å². The number of hydrogen-bond acceptors (Lipinski definition) is 3. The van der Waals surface area contributed by atoms with E-state index in [1.54, 1.807) is 30.5 Å². The van der Waals surface area contributed by atoms with Gasteiger partial charge in [-0.15, -0.1) is 0 Å². The van der Waals surface area contributed by atoms with Gasteiger partial charge < -0.3 is 4.74 Å². The van der Waals surface area contributed by atoms with Gasteiger partial charge in [-0.3, -0.25) is 9.78 Å². The first-order valence-electron chi connectivity index (χ1n) is 5.58. The fourth-order valence-corrected chi connectivity index (χ4v) is 1.63. The third-order valence-electron chi connectivity index (χ3n) is 2.43. The van der Waals surface area contributed by atoms with Gasteiger partial charge in [0.1, 0.15) is 5.75 Å². The first-order chi connectivity index (χ1) is 8.75. The van der Waals surface area contributed by atoms with E-state index in [9.17, 15) is 4.79 Å². The van der Waals surface area contributed by atoms with Crippen molar-refractivity contribution in [1.29, 1.82) is 0 Å². The zero-order valence-electron chi connectivity index (χ0n) is 9.67. The summed E-state index contributed by atoms with van der Waals surface area (Å²) in [4.78, 5) is 15.1. The topological polar surface area (TPSA) is 39.2 Å². The minimum absolute atomic E-state index is 0.463. The van der Waals surface area contributed by atoms with E-state index >= 15 is 0 Å². The molecule has 0 fully saturated rings. The summed E-state index contributed by atoms with van der Waals surface area (Å²) < 4.78 is 5.55. The summed E-state index contributed by atoms with van der Waals surface area (Å²) in [5.74, 6) is 0.715. The maximum Gasteiger partial charge on any atom is 0.252 e. The number of pyridine rings is 1. The smallest absolute Gasteiger partial charge is 0.252 e. The van der Waals surface area contributed by atoms with E-state index in [4.69, 9.17) is 16.3 Å². The molecule has 0 N–H and O–H groups in total. The van der Waals surface area contributed by atoms with Gasteiger partial charge in [-0.1, -0.05) is 6.07 Å². The Hall–Kier alpha value is -1.87. The summed E-state index contributed by atoms with van der Waals surface area (Å²) in [5, 5.41) is -0.463. The van der Waals surface area contributed by atoms with Crippen molar-refractivity contribution in [2.24, 2.45) is 0 Å². The van der Waals surface area contributed by atoms with Crippen LogP contribution < -0.4 is 4.74 Å². The molecule has 0 aliphatic heterocycles. The Balaban J connectivity index is 1.85. The normalized spacial score (nSPS) is 10.1. The number of rotatable bonds is 5. The number of hydrogen-bond donors (Lipinski definition) is 0. The summed E-state index contributed by atoms with van der Waals surface area (Å²) in [6, 6.07) is 12.5. The Bertz CT molecular complexity index is 511. The van der Waals surface area contributed by atoms with E-state index in [1.807, 2.05) is 18.2 Å². The maximum absolute atomic E-state index is 10.9. The molecule has 1 heterocycles. The Morgan fingerprint density at radius 2 is 1.94 bits per heavy atom. The summed E-state index contributed by atoms with van der Waals surface area (Å²) in [7, 11) is 0. The standard InChI is InChI=1S/C14H12ClNO2/c15-14(17)11-4-6-13(7-5-11)18-10-8-12-3-1-2-9-16-12/h1-7,9H,8,10H2. The molecule has 0 amide bonds. The van der Waals surface area contributed by atoms with Crippen LogP contribution >= 0.6 is 11.6 Å². The lowest BCUT2D eigenvalue weighted by Crippen LogP contribution is -2.02. The predicted octanol–water partition coefficient (Wildman–Crippen LogP) is 3.08. The molecule has 2 rings (SSSR count). The van der Waals surface area contributed by atoms with Crippen molar-refractivity contribution >= 4 is 16.8 Å². The highest BCUT2D eigenvalue weighted by atomic mass is 35.5. The lowest BCUT2D eigenvalue weighted by Gasteiger charge is -2.05. The van der Waals surface area contributed by atoms with Crippen molar-refractivity contribution in [3.8, 4) is 5.75 Å². The lowest BCUT2D eigenvalue weighted by molar-refractivity contribution is 0.108. The number of carbonyl (C=O) groups is 1. The third kappa shape index (κ3) is 3.57. The van der Waals surface area contributed by atoms with Crippen LogP contribution in [0.1, 0.15) is 16.1 Å². The Morgan fingerprint density at radius 1 is 1.17 bits per heavy atom.